The van der Waals surface area contributed by atoms with Gasteiger partial charge in [0.15, 0.2) is 0 Å². The van der Waals surface area contributed by atoms with Gasteiger partial charge in [-0.15, -0.1) is 0 Å². The molecule has 4 aromatic rings. The first kappa shape index (κ1) is 13.9. The summed E-state index contributed by atoms with van der Waals surface area (Å²) in [4.78, 5) is 0. The third-order valence-electron chi connectivity index (χ3n) is 5.61. The Morgan fingerprint density at radius 2 is 0.731 bits per heavy atom. The molecule has 0 saturated carbocycles. The Hall–Kier alpha value is -3.38. The molecular formula is C26H16. The van der Waals surface area contributed by atoms with E-state index in [1.54, 1.807) is 0 Å². The van der Waals surface area contributed by atoms with Crippen molar-refractivity contribution in [2.24, 2.45) is 0 Å². The van der Waals surface area contributed by atoms with E-state index in [0.29, 0.717) is 0 Å². The fraction of sp³-hybridized carbons (Fsp3) is 0. The summed E-state index contributed by atoms with van der Waals surface area (Å²) in [5.74, 6) is 0. The summed E-state index contributed by atoms with van der Waals surface area (Å²) in [6.45, 7) is 0. The van der Waals surface area contributed by atoms with Gasteiger partial charge >= 0.3 is 0 Å². The standard InChI is InChI=1S/C26H16/c1-3-11-21-19(9-1)23-13-5-7-17(25(21)23)15-16-18-8-6-14-24-20-10-2-4-12-22(20)26(18)24/h1-16H/b16-15+. The molecule has 0 amide bonds. The van der Waals surface area contributed by atoms with Crippen LogP contribution in [0, 0.1) is 0 Å². The summed E-state index contributed by atoms with van der Waals surface area (Å²) < 4.78 is 0. The van der Waals surface area contributed by atoms with Crippen molar-refractivity contribution in [3.63, 3.8) is 0 Å². The van der Waals surface area contributed by atoms with Gasteiger partial charge in [-0.05, 0) is 55.6 Å². The Morgan fingerprint density at radius 1 is 0.346 bits per heavy atom. The lowest BCUT2D eigenvalue weighted by atomic mass is 9.77. The average molecular weight is 328 g/mol. The second kappa shape index (κ2) is 5.06. The lowest BCUT2D eigenvalue weighted by molar-refractivity contribution is 1.49. The summed E-state index contributed by atoms with van der Waals surface area (Å²) >= 11 is 0. The molecule has 0 atom stereocenters. The van der Waals surface area contributed by atoms with Crippen molar-refractivity contribution in [1.82, 2.24) is 0 Å². The van der Waals surface area contributed by atoms with Crippen molar-refractivity contribution in [2.75, 3.05) is 0 Å². The molecular weight excluding hydrogens is 312 g/mol. The molecule has 120 valence electrons. The van der Waals surface area contributed by atoms with E-state index in [-0.39, 0.29) is 0 Å². The molecule has 2 aliphatic rings. The van der Waals surface area contributed by atoms with Gasteiger partial charge in [-0.3, -0.25) is 0 Å². The van der Waals surface area contributed by atoms with Crippen molar-refractivity contribution in [2.45, 2.75) is 0 Å². The zero-order valence-corrected chi connectivity index (χ0v) is 14.2. The first-order valence-corrected chi connectivity index (χ1v) is 9.05. The summed E-state index contributed by atoms with van der Waals surface area (Å²) in [6, 6.07) is 30.5. The minimum Gasteiger partial charge on any atom is -0.0616 e. The maximum Gasteiger partial charge on any atom is -0.00264 e. The number of hydrogen-bond acceptors (Lipinski definition) is 0. The number of rotatable bonds is 2. The SMILES string of the molecule is C(=C\c1cccc2c1-c1ccccc1-2)/c1cccc2c1-c1ccccc1-2. The highest BCUT2D eigenvalue weighted by atomic mass is 14.3. The summed E-state index contributed by atoms with van der Waals surface area (Å²) in [5.41, 5.74) is 13.6. The number of fused-ring (bicyclic) bond motifs is 8. The first-order chi connectivity index (χ1) is 12.9. The Labute approximate surface area is 153 Å². The van der Waals surface area contributed by atoms with Crippen LogP contribution in [-0.4, -0.2) is 0 Å². The van der Waals surface area contributed by atoms with E-state index in [1.165, 1.54) is 55.6 Å². The van der Waals surface area contributed by atoms with Crippen LogP contribution in [0.5, 0.6) is 0 Å². The van der Waals surface area contributed by atoms with Gasteiger partial charge in [-0.1, -0.05) is 97.1 Å². The van der Waals surface area contributed by atoms with Gasteiger partial charge in [0, 0.05) is 0 Å². The predicted octanol–water partition coefficient (Wildman–Crippen LogP) is 7.15. The zero-order valence-electron chi connectivity index (χ0n) is 14.2. The molecule has 0 radical (unpaired) electrons. The smallest absolute Gasteiger partial charge is 0.00264 e. The number of benzene rings is 4. The van der Waals surface area contributed by atoms with Crippen LogP contribution in [0.3, 0.4) is 0 Å². The Morgan fingerprint density at radius 3 is 1.19 bits per heavy atom. The van der Waals surface area contributed by atoms with E-state index in [2.05, 4.69) is 97.1 Å². The molecule has 4 aromatic carbocycles. The molecule has 2 aliphatic carbocycles. The van der Waals surface area contributed by atoms with Crippen LogP contribution in [0.4, 0.5) is 0 Å². The maximum absolute atomic E-state index is 2.27. The van der Waals surface area contributed by atoms with Crippen LogP contribution in [0.2, 0.25) is 0 Å². The minimum atomic E-state index is 1.30. The van der Waals surface area contributed by atoms with Crippen molar-refractivity contribution in [3.8, 4) is 44.5 Å². The van der Waals surface area contributed by atoms with E-state index in [4.69, 9.17) is 0 Å². The Balaban J connectivity index is 1.43. The molecule has 0 fully saturated rings. The van der Waals surface area contributed by atoms with E-state index in [9.17, 15) is 0 Å². The topological polar surface area (TPSA) is 0 Å². The van der Waals surface area contributed by atoms with Crippen molar-refractivity contribution in [3.05, 3.63) is 96.1 Å². The first-order valence-electron chi connectivity index (χ1n) is 9.05. The molecule has 0 spiro atoms. The van der Waals surface area contributed by atoms with Crippen LogP contribution in [0.15, 0.2) is 84.9 Å². The van der Waals surface area contributed by atoms with Gasteiger partial charge in [0.05, 0.1) is 0 Å². The van der Waals surface area contributed by atoms with Gasteiger partial charge in [-0.25, -0.2) is 0 Å². The molecule has 0 heteroatoms. The largest absolute Gasteiger partial charge is 0.0616 e. The lowest BCUT2D eigenvalue weighted by Gasteiger charge is -2.26. The molecule has 0 heterocycles. The third-order valence-corrected chi connectivity index (χ3v) is 5.61. The van der Waals surface area contributed by atoms with Crippen LogP contribution in [0.1, 0.15) is 11.1 Å². The predicted molar refractivity (Wildman–Crippen MR) is 111 cm³/mol. The quantitative estimate of drug-likeness (QED) is 0.296. The monoisotopic (exact) mass is 328 g/mol. The molecule has 6 rings (SSSR count). The summed E-state index contributed by atoms with van der Waals surface area (Å²) in [7, 11) is 0. The molecule has 0 aliphatic heterocycles. The van der Waals surface area contributed by atoms with Crippen LogP contribution in [0.25, 0.3) is 56.7 Å². The van der Waals surface area contributed by atoms with E-state index in [1.807, 2.05) is 0 Å². The van der Waals surface area contributed by atoms with Gasteiger partial charge in [0.1, 0.15) is 0 Å². The molecule has 0 bridgehead atoms. The highest BCUT2D eigenvalue weighted by Crippen LogP contribution is 2.50. The van der Waals surface area contributed by atoms with Crippen molar-refractivity contribution >= 4 is 12.2 Å². The van der Waals surface area contributed by atoms with Crippen molar-refractivity contribution in [1.29, 1.82) is 0 Å². The maximum atomic E-state index is 2.27. The van der Waals surface area contributed by atoms with E-state index in [0.717, 1.165) is 0 Å². The van der Waals surface area contributed by atoms with Gasteiger partial charge in [0.2, 0.25) is 0 Å². The Bertz CT molecular complexity index is 1130. The molecule has 0 saturated heterocycles. The highest BCUT2D eigenvalue weighted by Gasteiger charge is 2.25. The van der Waals surface area contributed by atoms with Crippen LogP contribution in [-0.2, 0) is 0 Å². The fourth-order valence-electron chi connectivity index (χ4n) is 4.39. The minimum absolute atomic E-state index is 1.30. The van der Waals surface area contributed by atoms with Gasteiger partial charge < -0.3 is 0 Å². The molecule has 0 aromatic heterocycles. The average Bonchev–Trinajstić information content (AvgIpc) is 2.68. The van der Waals surface area contributed by atoms with Crippen LogP contribution < -0.4 is 0 Å². The Kier molecular flexibility index (Phi) is 2.70. The van der Waals surface area contributed by atoms with E-state index >= 15 is 0 Å². The van der Waals surface area contributed by atoms with Gasteiger partial charge in [0.25, 0.3) is 0 Å². The lowest BCUT2D eigenvalue weighted by Crippen LogP contribution is -2.01. The fourth-order valence-corrected chi connectivity index (χ4v) is 4.39. The van der Waals surface area contributed by atoms with Crippen LogP contribution >= 0.6 is 0 Å². The molecule has 26 heavy (non-hydrogen) atoms. The number of hydrogen-bond donors (Lipinski definition) is 0. The summed E-state index contributed by atoms with van der Waals surface area (Å²) in [6.07, 6.45) is 4.54. The highest BCUT2D eigenvalue weighted by molar-refractivity contribution is 6.08. The second-order valence-electron chi connectivity index (χ2n) is 6.96. The second-order valence-corrected chi connectivity index (χ2v) is 6.96. The molecule has 0 unspecified atom stereocenters. The normalized spacial score (nSPS) is 12.5. The van der Waals surface area contributed by atoms with Crippen molar-refractivity contribution < 1.29 is 0 Å². The third kappa shape index (κ3) is 1.74. The van der Waals surface area contributed by atoms with Gasteiger partial charge in [-0.2, -0.15) is 0 Å². The zero-order chi connectivity index (χ0) is 17.1. The van der Waals surface area contributed by atoms with E-state index < -0.39 is 0 Å². The molecule has 0 nitrogen and oxygen atoms in total. The summed E-state index contributed by atoms with van der Waals surface area (Å²) in [5, 5.41) is 0. The molecule has 0 N–H and O–H groups in total.